The van der Waals surface area contributed by atoms with Crippen LogP contribution in [0.25, 0.3) is 11.1 Å². The van der Waals surface area contributed by atoms with Crippen molar-refractivity contribution in [1.82, 2.24) is 9.97 Å². The minimum Gasteiger partial charge on any atom is -0.294 e. The standard InChI is InChI=1S/C21H16ClF3N2O/c22-19-13-16(10-12-26-19)15-8-6-14(7-9-15)3-1-5-18(28)17-4-2-11-27-20(17)21(23,24)25/h2,4,6-13H,1,3,5H2. The molecule has 0 saturated heterocycles. The lowest BCUT2D eigenvalue weighted by atomic mass is 9.99. The number of alkyl halides is 3. The number of carbonyl (C=O) groups is 1. The Balaban J connectivity index is 1.61. The summed E-state index contributed by atoms with van der Waals surface area (Å²) in [6, 6.07) is 13.9. The second-order valence-electron chi connectivity index (χ2n) is 6.24. The maximum Gasteiger partial charge on any atom is 0.434 e. The molecule has 0 unspecified atom stereocenters. The van der Waals surface area contributed by atoms with E-state index in [0.717, 1.165) is 22.9 Å². The average molecular weight is 405 g/mol. The number of Topliss-reactive ketones (excluding diaryl/α,β-unsaturated/α-hetero) is 1. The van der Waals surface area contributed by atoms with Crippen molar-refractivity contribution >= 4 is 17.4 Å². The van der Waals surface area contributed by atoms with Gasteiger partial charge in [0.25, 0.3) is 0 Å². The summed E-state index contributed by atoms with van der Waals surface area (Å²) in [6.45, 7) is 0. The molecule has 28 heavy (non-hydrogen) atoms. The lowest BCUT2D eigenvalue weighted by Crippen LogP contribution is -2.15. The maximum atomic E-state index is 13.0. The first-order valence-corrected chi connectivity index (χ1v) is 8.98. The maximum absolute atomic E-state index is 13.0. The van der Waals surface area contributed by atoms with Gasteiger partial charge >= 0.3 is 6.18 Å². The van der Waals surface area contributed by atoms with Crippen LogP contribution in [0.1, 0.15) is 34.5 Å². The molecule has 0 bridgehead atoms. The van der Waals surface area contributed by atoms with Crippen molar-refractivity contribution in [1.29, 1.82) is 0 Å². The van der Waals surface area contributed by atoms with Gasteiger partial charge in [0.15, 0.2) is 11.5 Å². The summed E-state index contributed by atoms with van der Waals surface area (Å²) in [5.74, 6) is -0.552. The second kappa shape index (κ2) is 8.52. The predicted octanol–water partition coefficient (Wildman–Crippen LogP) is 6.02. The van der Waals surface area contributed by atoms with E-state index in [2.05, 4.69) is 9.97 Å². The third kappa shape index (κ3) is 4.95. The van der Waals surface area contributed by atoms with E-state index in [0.29, 0.717) is 18.0 Å². The number of hydrogen-bond acceptors (Lipinski definition) is 3. The van der Waals surface area contributed by atoms with Gasteiger partial charge in [0.05, 0.1) is 0 Å². The van der Waals surface area contributed by atoms with Gasteiger partial charge < -0.3 is 0 Å². The molecular formula is C21H16ClF3N2O. The first kappa shape index (κ1) is 20.0. The predicted molar refractivity (Wildman–Crippen MR) is 101 cm³/mol. The molecule has 0 fully saturated rings. The monoisotopic (exact) mass is 404 g/mol. The molecule has 0 spiro atoms. The van der Waals surface area contributed by atoms with E-state index < -0.39 is 17.7 Å². The highest BCUT2D eigenvalue weighted by Gasteiger charge is 2.36. The van der Waals surface area contributed by atoms with Crippen molar-refractivity contribution in [3.8, 4) is 11.1 Å². The minimum absolute atomic E-state index is 0.0243. The van der Waals surface area contributed by atoms with Crippen LogP contribution >= 0.6 is 11.6 Å². The van der Waals surface area contributed by atoms with Crippen LogP contribution in [0.5, 0.6) is 0 Å². The summed E-state index contributed by atoms with van der Waals surface area (Å²) in [5, 5.41) is 0.411. The van der Waals surface area contributed by atoms with Crippen LogP contribution in [0.2, 0.25) is 5.15 Å². The number of carbonyl (C=O) groups excluding carboxylic acids is 1. The molecule has 144 valence electrons. The van der Waals surface area contributed by atoms with Crippen LogP contribution in [0, 0.1) is 0 Å². The Bertz CT molecular complexity index is 972. The Hall–Kier alpha value is -2.73. The zero-order valence-electron chi connectivity index (χ0n) is 14.7. The van der Waals surface area contributed by atoms with Gasteiger partial charge in [-0.05, 0) is 53.8 Å². The molecule has 1 aromatic carbocycles. The van der Waals surface area contributed by atoms with Crippen LogP contribution in [-0.2, 0) is 12.6 Å². The molecule has 2 aromatic heterocycles. The van der Waals surface area contributed by atoms with Crippen molar-refractivity contribution in [2.75, 3.05) is 0 Å². The van der Waals surface area contributed by atoms with Gasteiger partial charge in [0.1, 0.15) is 5.15 Å². The summed E-state index contributed by atoms with van der Waals surface area (Å²) in [4.78, 5) is 19.5. The molecule has 0 saturated carbocycles. The largest absolute Gasteiger partial charge is 0.434 e. The van der Waals surface area contributed by atoms with Gasteiger partial charge in [-0.3, -0.25) is 9.78 Å². The molecule has 0 aliphatic rings. The van der Waals surface area contributed by atoms with Gasteiger partial charge in [-0.15, -0.1) is 0 Å². The fourth-order valence-corrected chi connectivity index (χ4v) is 3.06. The van der Waals surface area contributed by atoms with Crippen LogP contribution in [0.15, 0.2) is 60.9 Å². The third-order valence-electron chi connectivity index (χ3n) is 4.26. The lowest BCUT2D eigenvalue weighted by molar-refractivity contribution is -0.141. The Kier molecular flexibility index (Phi) is 6.09. The minimum atomic E-state index is -4.64. The molecule has 0 amide bonds. The Labute approximate surface area is 165 Å². The van der Waals surface area contributed by atoms with E-state index in [1.54, 1.807) is 12.3 Å². The number of benzene rings is 1. The number of nitrogens with zero attached hydrogens (tertiary/aromatic N) is 2. The fraction of sp³-hybridized carbons (Fsp3) is 0.190. The van der Waals surface area contributed by atoms with Gasteiger partial charge in [0, 0.05) is 24.4 Å². The molecule has 3 rings (SSSR count). The molecular weight excluding hydrogens is 389 g/mol. The first-order valence-electron chi connectivity index (χ1n) is 8.61. The summed E-state index contributed by atoms with van der Waals surface area (Å²) in [6.07, 6.45) is -0.910. The van der Waals surface area contributed by atoms with Crippen molar-refractivity contribution in [2.45, 2.75) is 25.4 Å². The number of aromatic nitrogens is 2. The van der Waals surface area contributed by atoms with Crippen molar-refractivity contribution in [3.63, 3.8) is 0 Å². The van der Waals surface area contributed by atoms with Gasteiger partial charge in [-0.1, -0.05) is 35.9 Å². The van der Waals surface area contributed by atoms with Crippen molar-refractivity contribution in [2.24, 2.45) is 0 Å². The molecule has 0 aliphatic heterocycles. The van der Waals surface area contributed by atoms with E-state index in [-0.39, 0.29) is 12.0 Å². The lowest BCUT2D eigenvalue weighted by Gasteiger charge is -2.10. The van der Waals surface area contributed by atoms with Crippen LogP contribution < -0.4 is 0 Å². The van der Waals surface area contributed by atoms with Crippen LogP contribution in [0.3, 0.4) is 0 Å². The molecule has 3 nitrogen and oxygen atoms in total. The number of hydrogen-bond donors (Lipinski definition) is 0. The molecule has 3 aromatic rings. The molecule has 0 N–H and O–H groups in total. The van der Waals surface area contributed by atoms with Gasteiger partial charge in [0.2, 0.25) is 0 Å². The summed E-state index contributed by atoms with van der Waals surface area (Å²) < 4.78 is 38.9. The Morgan fingerprint density at radius 3 is 2.39 bits per heavy atom. The normalized spacial score (nSPS) is 11.4. The molecule has 2 heterocycles. The van der Waals surface area contributed by atoms with Gasteiger partial charge in [-0.25, -0.2) is 4.98 Å². The quantitative estimate of drug-likeness (QED) is 0.372. The number of halogens is 4. The highest BCUT2D eigenvalue weighted by atomic mass is 35.5. The second-order valence-corrected chi connectivity index (χ2v) is 6.63. The Morgan fingerprint density at radius 1 is 0.964 bits per heavy atom. The van der Waals surface area contributed by atoms with Crippen molar-refractivity contribution in [3.05, 3.63) is 82.9 Å². The molecule has 0 atom stereocenters. The highest BCUT2D eigenvalue weighted by molar-refractivity contribution is 6.29. The molecule has 0 radical (unpaired) electrons. The average Bonchev–Trinajstić information content (AvgIpc) is 2.68. The van der Waals surface area contributed by atoms with E-state index in [9.17, 15) is 18.0 Å². The SMILES string of the molecule is O=C(CCCc1ccc(-c2ccnc(Cl)c2)cc1)c1cccnc1C(F)(F)F. The zero-order valence-corrected chi connectivity index (χ0v) is 15.5. The number of pyridine rings is 2. The summed E-state index contributed by atoms with van der Waals surface area (Å²) in [5.41, 5.74) is 1.42. The third-order valence-corrected chi connectivity index (χ3v) is 4.47. The van der Waals surface area contributed by atoms with Crippen LogP contribution in [0.4, 0.5) is 13.2 Å². The molecule has 0 aliphatic carbocycles. The fourth-order valence-electron chi connectivity index (χ4n) is 2.89. The first-order chi connectivity index (χ1) is 13.3. The number of ketones is 1. The zero-order chi connectivity index (χ0) is 20.1. The van der Waals surface area contributed by atoms with E-state index in [1.165, 1.54) is 12.1 Å². The highest BCUT2D eigenvalue weighted by Crippen LogP contribution is 2.30. The van der Waals surface area contributed by atoms with Gasteiger partial charge in [-0.2, -0.15) is 13.2 Å². The number of aryl methyl sites for hydroxylation is 1. The van der Waals surface area contributed by atoms with Crippen LogP contribution in [-0.4, -0.2) is 15.8 Å². The Morgan fingerprint density at radius 2 is 1.71 bits per heavy atom. The topological polar surface area (TPSA) is 42.9 Å². The van der Waals surface area contributed by atoms with E-state index >= 15 is 0 Å². The van der Waals surface area contributed by atoms with E-state index in [1.807, 2.05) is 30.3 Å². The molecule has 7 heteroatoms. The number of rotatable bonds is 6. The smallest absolute Gasteiger partial charge is 0.294 e. The van der Waals surface area contributed by atoms with E-state index in [4.69, 9.17) is 11.6 Å². The summed E-state index contributed by atoms with van der Waals surface area (Å²) >= 11 is 5.90. The summed E-state index contributed by atoms with van der Waals surface area (Å²) in [7, 11) is 0. The van der Waals surface area contributed by atoms with Crippen molar-refractivity contribution < 1.29 is 18.0 Å².